The lowest BCUT2D eigenvalue weighted by molar-refractivity contribution is -0.121. The molecule has 6 heteroatoms. The van der Waals surface area contributed by atoms with E-state index in [4.69, 9.17) is 4.74 Å². The molecule has 3 aliphatic rings. The number of carbonyl (C=O) groups is 1. The molecular weight excluding hydrogens is 316 g/mol. The van der Waals surface area contributed by atoms with Crippen LogP contribution in [0.1, 0.15) is 25.0 Å². The minimum absolute atomic E-state index is 0.0684. The lowest BCUT2D eigenvalue weighted by Crippen LogP contribution is -2.47. The van der Waals surface area contributed by atoms with Crippen molar-refractivity contribution in [1.82, 2.24) is 20.4 Å². The zero-order chi connectivity index (χ0) is 16.8. The van der Waals surface area contributed by atoms with Gasteiger partial charge in [-0.3, -0.25) is 14.8 Å². The van der Waals surface area contributed by atoms with Crippen LogP contribution in [0, 0.1) is 5.92 Å². The van der Waals surface area contributed by atoms with Gasteiger partial charge in [0.1, 0.15) is 0 Å². The fraction of sp³-hybridized carbons (Fsp3) is 0.579. The zero-order valence-electron chi connectivity index (χ0n) is 14.3. The maximum Gasteiger partial charge on any atom is 0.226 e. The molecule has 3 fully saturated rings. The van der Waals surface area contributed by atoms with Crippen molar-refractivity contribution in [2.45, 2.75) is 43.9 Å². The van der Waals surface area contributed by atoms with Gasteiger partial charge in [-0.05, 0) is 31.2 Å². The lowest BCUT2D eigenvalue weighted by atomic mass is 10.1. The quantitative estimate of drug-likeness (QED) is 0.884. The number of nitrogens with one attached hydrogen (secondary N) is 2. The highest BCUT2D eigenvalue weighted by atomic mass is 16.5. The maximum absolute atomic E-state index is 12.5. The van der Waals surface area contributed by atoms with Gasteiger partial charge in [-0.15, -0.1) is 0 Å². The van der Waals surface area contributed by atoms with E-state index in [1.54, 1.807) is 0 Å². The highest BCUT2D eigenvalue weighted by Crippen LogP contribution is 2.37. The van der Waals surface area contributed by atoms with Crippen LogP contribution in [0.4, 0.5) is 0 Å². The average Bonchev–Trinajstić information content (AvgIpc) is 3.28. The summed E-state index contributed by atoms with van der Waals surface area (Å²) in [5.74, 6) is 0.849. The van der Waals surface area contributed by atoms with Gasteiger partial charge in [-0.25, -0.2) is 0 Å². The number of ether oxygens (including phenoxy) is 1. The number of para-hydroxylation sites is 1. The van der Waals surface area contributed by atoms with Gasteiger partial charge in [0.2, 0.25) is 5.91 Å². The summed E-state index contributed by atoms with van der Waals surface area (Å²) in [6.45, 7) is 2.80. The van der Waals surface area contributed by atoms with Crippen molar-refractivity contribution in [2.24, 2.45) is 5.92 Å². The minimum Gasteiger partial charge on any atom is -0.375 e. The Kier molecular flexibility index (Phi) is 3.75. The number of morpholine rings is 1. The van der Waals surface area contributed by atoms with E-state index in [0.717, 1.165) is 48.6 Å². The summed E-state index contributed by atoms with van der Waals surface area (Å²) in [7, 11) is 0. The van der Waals surface area contributed by atoms with Crippen molar-refractivity contribution in [1.29, 1.82) is 0 Å². The molecule has 3 heterocycles. The fourth-order valence-corrected chi connectivity index (χ4v) is 4.35. The standard InChI is InChI=1S/C19H24N4O2/c24-19(8-17-15-3-1-2-4-16(15)21-22-17)20-13-7-14-11-25-18(12-5-6-12)10-23(14)9-13/h1-4,12-14,18H,5-11H2,(H,20,24)(H,21,22)/t13-,14+,18-/m1/s1. The Morgan fingerprint density at radius 1 is 1.32 bits per heavy atom. The summed E-state index contributed by atoms with van der Waals surface area (Å²) in [4.78, 5) is 15.0. The molecule has 0 spiro atoms. The van der Waals surface area contributed by atoms with Crippen molar-refractivity contribution in [3.05, 3.63) is 30.0 Å². The number of hydrogen-bond donors (Lipinski definition) is 2. The van der Waals surface area contributed by atoms with E-state index in [1.807, 2.05) is 24.3 Å². The van der Waals surface area contributed by atoms with E-state index >= 15 is 0 Å². The SMILES string of the molecule is O=C(Cc1[nH]nc2ccccc12)N[C@@H]1C[C@H]2CO[C@@H](C3CC3)CN2C1. The topological polar surface area (TPSA) is 70.2 Å². The molecule has 2 aliphatic heterocycles. The summed E-state index contributed by atoms with van der Waals surface area (Å²) < 4.78 is 6.03. The molecule has 6 nitrogen and oxygen atoms in total. The number of aromatic amines is 1. The molecule has 2 saturated heterocycles. The first kappa shape index (κ1) is 15.3. The lowest BCUT2D eigenvalue weighted by Gasteiger charge is -2.35. The van der Waals surface area contributed by atoms with Crippen LogP contribution < -0.4 is 5.32 Å². The van der Waals surface area contributed by atoms with E-state index in [1.165, 1.54) is 12.8 Å². The van der Waals surface area contributed by atoms with Crippen molar-refractivity contribution >= 4 is 16.8 Å². The summed E-state index contributed by atoms with van der Waals surface area (Å²) in [5, 5.41) is 11.5. The van der Waals surface area contributed by atoms with Gasteiger partial charge in [0.25, 0.3) is 0 Å². The highest BCUT2D eigenvalue weighted by Gasteiger charge is 2.42. The molecule has 25 heavy (non-hydrogen) atoms. The Hall–Kier alpha value is -1.92. The summed E-state index contributed by atoms with van der Waals surface area (Å²) in [6.07, 6.45) is 4.40. The van der Waals surface area contributed by atoms with Crippen molar-refractivity contribution in [3.63, 3.8) is 0 Å². The maximum atomic E-state index is 12.5. The molecule has 3 atom stereocenters. The van der Waals surface area contributed by atoms with Gasteiger partial charge in [0.15, 0.2) is 0 Å². The van der Waals surface area contributed by atoms with Gasteiger partial charge < -0.3 is 10.1 Å². The van der Waals surface area contributed by atoms with Crippen LogP contribution >= 0.6 is 0 Å². The first-order valence-electron chi connectivity index (χ1n) is 9.33. The third-order valence-electron chi connectivity index (χ3n) is 5.84. The second kappa shape index (κ2) is 6.11. The van der Waals surface area contributed by atoms with Gasteiger partial charge in [-0.2, -0.15) is 5.10 Å². The molecule has 132 valence electrons. The van der Waals surface area contributed by atoms with Crippen molar-refractivity contribution < 1.29 is 9.53 Å². The van der Waals surface area contributed by atoms with E-state index in [9.17, 15) is 4.79 Å². The van der Waals surface area contributed by atoms with E-state index < -0.39 is 0 Å². The first-order valence-corrected chi connectivity index (χ1v) is 9.33. The molecule has 0 unspecified atom stereocenters. The van der Waals surface area contributed by atoms with Crippen LogP contribution in [0.5, 0.6) is 0 Å². The summed E-state index contributed by atoms with van der Waals surface area (Å²) in [5.41, 5.74) is 1.80. The molecule has 2 aromatic rings. The van der Waals surface area contributed by atoms with Crippen LogP contribution in [-0.4, -0.2) is 58.9 Å². The number of H-pyrrole nitrogens is 1. The number of hydrogen-bond acceptors (Lipinski definition) is 4. The van der Waals surface area contributed by atoms with Crippen LogP contribution in [-0.2, 0) is 16.0 Å². The monoisotopic (exact) mass is 340 g/mol. The molecule has 0 bridgehead atoms. The number of aromatic nitrogens is 2. The Balaban J connectivity index is 1.19. The van der Waals surface area contributed by atoms with Gasteiger partial charge >= 0.3 is 0 Å². The van der Waals surface area contributed by atoms with Crippen molar-refractivity contribution in [3.8, 4) is 0 Å². The highest BCUT2D eigenvalue weighted by molar-refractivity contribution is 5.87. The molecule has 1 aliphatic carbocycles. The summed E-state index contributed by atoms with van der Waals surface area (Å²) >= 11 is 0. The van der Waals surface area contributed by atoms with Gasteiger partial charge in [-0.1, -0.05) is 18.2 Å². The number of nitrogens with zero attached hydrogens (tertiary/aromatic N) is 2. The number of benzene rings is 1. The predicted octanol–water partition coefficient (Wildman–Crippen LogP) is 1.47. The van der Waals surface area contributed by atoms with Crippen LogP contribution in [0.25, 0.3) is 10.9 Å². The molecule has 5 rings (SSSR count). The molecule has 1 aromatic carbocycles. The van der Waals surface area contributed by atoms with Crippen LogP contribution in [0.2, 0.25) is 0 Å². The second-order valence-electron chi connectivity index (χ2n) is 7.71. The van der Waals surface area contributed by atoms with Gasteiger partial charge in [0.05, 0.1) is 30.3 Å². The largest absolute Gasteiger partial charge is 0.375 e. The Bertz CT molecular complexity index is 785. The molecule has 1 amide bonds. The second-order valence-corrected chi connectivity index (χ2v) is 7.71. The molecule has 1 saturated carbocycles. The number of carbonyl (C=O) groups excluding carboxylic acids is 1. The zero-order valence-corrected chi connectivity index (χ0v) is 14.3. The predicted molar refractivity (Wildman–Crippen MR) is 94.2 cm³/mol. The van der Waals surface area contributed by atoms with Gasteiger partial charge in [0, 0.05) is 30.6 Å². The van der Waals surface area contributed by atoms with Crippen LogP contribution in [0.15, 0.2) is 24.3 Å². The number of fused-ring (bicyclic) bond motifs is 2. The molecule has 1 aromatic heterocycles. The molecular formula is C19H24N4O2. The Labute approximate surface area is 146 Å². The fourth-order valence-electron chi connectivity index (χ4n) is 4.35. The minimum atomic E-state index is 0.0684. The normalized spacial score (nSPS) is 29.7. The third-order valence-corrected chi connectivity index (χ3v) is 5.84. The number of rotatable bonds is 4. The molecule has 2 N–H and O–H groups in total. The Morgan fingerprint density at radius 3 is 3.08 bits per heavy atom. The van der Waals surface area contributed by atoms with Crippen molar-refractivity contribution in [2.75, 3.05) is 19.7 Å². The first-order chi connectivity index (χ1) is 12.3. The molecule has 0 radical (unpaired) electrons. The van der Waals surface area contributed by atoms with E-state index in [2.05, 4.69) is 20.4 Å². The number of amides is 1. The third kappa shape index (κ3) is 3.04. The average molecular weight is 340 g/mol. The smallest absolute Gasteiger partial charge is 0.226 e. The summed E-state index contributed by atoms with van der Waals surface area (Å²) in [6, 6.07) is 8.59. The van der Waals surface area contributed by atoms with E-state index in [-0.39, 0.29) is 11.9 Å². The van der Waals surface area contributed by atoms with E-state index in [0.29, 0.717) is 18.6 Å². The van der Waals surface area contributed by atoms with Crippen LogP contribution in [0.3, 0.4) is 0 Å². The Morgan fingerprint density at radius 2 is 2.20 bits per heavy atom.